The van der Waals surface area contributed by atoms with Crippen LogP contribution < -0.4 is 9.47 Å². The van der Waals surface area contributed by atoms with Crippen LogP contribution in [0.4, 0.5) is 0 Å². The van der Waals surface area contributed by atoms with Gasteiger partial charge in [-0.1, -0.05) is 42.8 Å². The van der Waals surface area contributed by atoms with Crippen LogP contribution >= 0.6 is 12.2 Å². The molecule has 2 aromatic carbocycles. The van der Waals surface area contributed by atoms with E-state index in [-0.39, 0.29) is 6.79 Å². The van der Waals surface area contributed by atoms with E-state index in [1.165, 1.54) is 19.3 Å². The standard InChI is InChI=1S/C22H24N4O2S/c29-22-25(14-17-9-10-19-20(13-17)28-16-27-19)21(18-7-3-1-4-8-18)23-26(22)15-24-11-5-2-6-12-24/h1,3-4,7-10,13H,2,5-6,11-12,14-16H2. The van der Waals surface area contributed by atoms with Crippen LogP contribution in [0.3, 0.4) is 0 Å². The predicted octanol–water partition coefficient (Wildman–Crippen LogP) is 4.30. The van der Waals surface area contributed by atoms with Crippen molar-refractivity contribution in [1.82, 2.24) is 19.2 Å². The summed E-state index contributed by atoms with van der Waals surface area (Å²) in [5, 5.41) is 4.92. The fourth-order valence-electron chi connectivity index (χ4n) is 3.99. The van der Waals surface area contributed by atoms with E-state index in [9.17, 15) is 0 Å². The van der Waals surface area contributed by atoms with Crippen molar-refractivity contribution in [3.63, 3.8) is 0 Å². The maximum Gasteiger partial charge on any atom is 0.231 e. The molecule has 0 bridgehead atoms. The van der Waals surface area contributed by atoms with Gasteiger partial charge in [-0.25, -0.2) is 4.68 Å². The lowest BCUT2D eigenvalue weighted by Crippen LogP contribution is -2.32. The van der Waals surface area contributed by atoms with Gasteiger partial charge in [-0.3, -0.25) is 9.47 Å². The normalized spacial score (nSPS) is 16.3. The van der Waals surface area contributed by atoms with E-state index in [4.69, 9.17) is 26.8 Å². The van der Waals surface area contributed by atoms with Gasteiger partial charge in [-0.15, -0.1) is 0 Å². The molecular formula is C22H24N4O2S. The molecule has 0 saturated carbocycles. The van der Waals surface area contributed by atoms with E-state index < -0.39 is 0 Å². The third-order valence-corrected chi connectivity index (χ3v) is 5.95. The molecule has 3 heterocycles. The number of piperidine rings is 1. The van der Waals surface area contributed by atoms with Crippen molar-refractivity contribution < 1.29 is 9.47 Å². The Hall–Kier alpha value is -2.64. The molecule has 29 heavy (non-hydrogen) atoms. The number of hydrogen-bond acceptors (Lipinski definition) is 5. The van der Waals surface area contributed by atoms with Crippen LogP contribution in [0.25, 0.3) is 11.4 Å². The van der Waals surface area contributed by atoms with Gasteiger partial charge in [-0.05, 0) is 55.8 Å². The molecule has 5 rings (SSSR count). The number of benzene rings is 2. The number of ether oxygens (including phenoxy) is 2. The summed E-state index contributed by atoms with van der Waals surface area (Å²) in [4.78, 5) is 2.44. The average Bonchev–Trinajstić information content (AvgIpc) is 3.35. The van der Waals surface area contributed by atoms with Crippen molar-refractivity contribution in [2.45, 2.75) is 32.5 Å². The Balaban J connectivity index is 1.51. The Morgan fingerprint density at radius 2 is 1.72 bits per heavy atom. The van der Waals surface area contributed by atoms with Crippen molar-refractivity contribution in [2.24, 2.45) is 0 Å². The topological polar surface area (TPSA) is 44.5 Å². The highest BCUT2D eigenvalue weighted by atomic mass is 32.1. The summed E-state index contributed by atoms with van der Waals surface area (Å²) in [5.41, 5.74) is 2.18. The predicted molar refractivity (Wildman–Crippen MR) is 114 cm³/mol. The Morgan fingerprint density at radius 3 is 2.55 bits per heavy atom. The molecule has 150 valence electrons. The summed E-state index contributed by atoms with van der Waals surface area (Å²) in [6, 6.07) is 16.3. The molecule has 0 unspecified atom stereocenters. The summed E-state index contributed by atoms with van der Waals surface area (Å²) in [7, 11) is 0. The molecule has 0 radical (unpaired) electrons. The molecule has 1 saturated heterocycles. The molecule has 0 N–H and O–H groups in total. The number of aromatic nitrogens is 3. The number of nitrogens with zero attached hydrogens (tertiary/aromatic N) is 4. The third-order valence-electron chi connectivity index (χ3n) is 5.52. The van der Waals surface area contributed by atoms with Crippen molar-refractivity contribution >= 4 is 12.2 Å². The fraction of sp³-hybridized carbons (Fsp3) is 0.364. The molecule has 6 nitrogen and oxygen atoms in total. The molecule has 0 spiro atoms. The summed E-state index contributed by atoms with van der Waals surface area (Å²) in [6.07, 6.45) is 3.81. The molecule has 1 fully saturated rings. The molecular weight excluding hydrogens is 384 g/mol. The Kier molecular flexibility index (Phi) is 5.08. The molecule has 2 aliphatic rings. The van der Waals surface area contributed by atoms with Gasteiger partial charge < -0.3 is 9.47 Å². The lowest BCUT2D eigenvalue weighted by molar-refractivity contribution is 0.172. The third kappa shape index (κ3) is 3.80. The van der Waals surface area contributed by atoms with E-state index in [0.717, 1.165) is 53.0 Å². The lowest BCUT2D eigenvalue weighted by atomic mass is 10.1. The number of rotatable bonds is 5. The van der Waals surface area contributed by atoms with E-state index in [1.54, 1.807) is 0 Å². The zero-order valence-corrected chi connectivity index (χ0v) is 17.1. The molecule has 3 aromatic rings. The number of hydrogen-bond donors (Lipinski definition) is 0. The average molecular weight is 409 g/mol. The lowest BCUT2D eigenvalue weighted by Gasteiger charge is -2.25. The van der Waals surface area contributed by atoms with Gasteiger partial charge in [-0.2, -0.15) is 5.10 Å². The molecule has 0 amide bonds. The monoisotopic (exact) mass is 408 g/mol. The molecule has 0 atom stereocenters. The van der Waals surface area contributed by atoms with Crippen molar-refractivity contribution in [3.05, 3.63) is 58.9 Å². The summed E-state index contributed by atoms with van der Waals surface area (Å²) in [6.45, 7) is 3.88. The van der Waals surface area contributed by atoms with Gasteiger partial charge in [0, 0.05) is 5.56 Å². The van der Waals surface area contributed by atoms with E-state index in [1.807, 2.05) is 35.0 Å². The van der Waals surface area contributed by atoms with Gasteiger partial charge in [0.1, 0.15) is 0 Å². The van der Waals surface area contributed by atoms with Gasteiger partial charge in [0.25, 0.3) is 0 Å². The first-order chi connectivity index (χ1) is 14.3. The second kappa shape index (κ2) is 8.00. The van der Waals surface area contributed by atoms with E-state index in [0.29, 0.717) is 6.54 Å². The Bertz CT molecular complexity index is 1050. The highest BCUT2D eigenvalue weighted by Crippen LogP contribution is 2.33. The van der Waals surface area contributed by atoms with Crippen LogP contribution in [-0.4, -0.2) is 39.1 Å². The first-order valence-electron chi connectivity index (χ1n) is 10.1. The minimum absolute atomic E-state index is 0.279. The highest BCUT2D eigenvalue weighted by Gasteiger charge is 2.18. The number of fused-ring (bicyclic) bond motifs is 1. The Morgan fingerprint density at radius 1 is 0.931 bits per heavy atom. The molecule has 7 heteroatoms. The largest absolute Gasteiger partial charge is 0.454 e. The summed E-state index contributed by atoms with van der Waals surface area (Å²) < 4.78 is 15.8. The van der Waals surface area contributed by atoms with Crippen LogP contribution in [-0.2, 0) is 13.2 Å². The summed E-state index contributed by atoms with van der Waals surface area (Å²) >= 11 is 5.86. The molecule has 1 aromatic heterocycles. The van der Waals surface area contributed by atoms with Gasteiger partial charge in [0.2, 0.25) is 6.79 Å². The second-order valence-corrected chi connectivity index (χ2v) is 7.93. The van der Waals surface area contributed by atoms with E-state index >= 15 is 0 Å². The zero-order valence-electron chi connectivity index (χ0n) is 16.3. The highest BCUT2D eigenvalue weighted by molar-refractivity contribution is 7.71. The smallest absolute Gasteiger partial charge is 0.231 e. The van der Waals surface area contributed by atoms with Crippen molar-refractivity contribution in [3.8, 4) is 22.9 Å². The van der Waals surface area contributed by atoms with Crippen LogP contribution in [0.5, 0.6) is 11.5 Å². The van der Waals surface area contributed by atoms with Crippen LogP contribution in [0.15, 0.2) is 48.5 Å². The summed E-state index contributed by atoms with van der Waals surface area (Å²) in [5.74, 6) is 2.47. The Labute approximate surface area is 175 Å². The van der Waals surface area contributed by atoms with Gasteiger partial charge in [0.05, 0.1) is 13.2 Å². The maximum absolute atomic E-state index is 5.86. The SMILES string of the molecule is S=c1n(CN2CCCCC2)nc(-c2ccccc2)n1Cc1ccc2c(c1)OCO2. The van der Waals surface area contributed by atoms with Crippen LogP contribution in [0.1, 0.15) is 24.8 Å². The van der Waals surface area contributed by atoms with Crippen molar-refractivity contribution in [1.29, 1.82) is 0 Å². The van der Waals surface area contributed by atoms with Crippen LogP contribution in [0, 0.1) is 4.77 Å². The fourth-order valence-corrected chi connectivity index (χ4v) is 4.24. The van der Waals surface area contributed by atoms with Gasteiger partial charge >= 0.3 is 0 Å². The number of likely N-dealkylation sites (tertiary alicyclic amines) is 1. The minimum atomic E-state index is 0.279. The zero-order chi connectivity index (χ0) is 19.6. The first kappa shape index (κ1) is 18.4. The first-order valence-corrected chi connectivity index (χ1v) is 10.5. The van der Waals surface area contributed by atoms with Crippen molar-refractivity contribution in [2.75, 3.05) is 19.9 Å². The van der Waals surface area contributed by atoms with E-state index in [2.05, 4.69) is 27.7 Å². The van der Waals surface area contributed by atoms with Gasteiger partial charge in [0.15, 0.2) is 22.1 Å². The van der Waals surface area contributed by atoms with Crippen LogP contribution in [0.2, 0.25) is 0 Å². The minimum Gasteiger partial charge on any atom is -0.454 e. The second-order valence-electron chi connectivity index (χ2n) is 7.57. The maximum atomic E-state index is 5.86. The quantitative estimate of drug-likeness (QED) is 0.589. The molecule has 0 aliphatic carbocycles. The molecule has 2 aliphatic heterocycles.